The van der Waals surface area contributed by atoms with Gasteiger partial charge in [-0.3, -0.25) is 18.7 Å². The van der Waals surface area contributed by atoms with Gasteiger partial charge in [-0.25, -0.2) is 9.78 Å². The first-order chi connectivity index (χ1) is 13.4. The minimum Gasteiger partial charge on any atom is -0.493 e. The second-order valence-electron chi connectivity index (χ2n) is 6.09. The van der Waals surface area contributed by atoms with Crippen molar-refractivity contribution in [2.24, 2.45) is 14.1 Å². The van der Waals surface area contributed by atoms with Crippen LogP contribution < -0.4 is 21.3 Å². The van der Waals surface area contributed by atoms with Gasteiger partial charge in [0.05, 0.1) is 23.9 Å². The Hall–Kier alpha value is -3.68. The number of hydrogen-bond acceptors (Lipinski definition) is 5. The molecule has 0 aliphatic rings. The molecule has 2 aromatic heterocycles. The van der Waals surface area contributed by atoms with Gasteiger partial charge in [0.2, 0.25) is 5.91 Å². The lowest BCUT2D eigenvalue weighted by Crippen LogP contribution is -2.37. The van der Waals surface area contributed by atoms with Crippen molar-refractivity contribution in [1.29, 1.82) is 0 Å². The van der Waals surface area contributed by atoms with Crippen molar-refractivity contribution in [2.75, 3.05) is 11.9 Å². The van der Waals surface area contributed by atoms with Crippen molar-refractivity contribution < 1.29 is 9.53 Å². The second-order valence-corrected chi connectivity index (χ2v) is 6.09. The van der Waals surface area contributed by atoms with E-state index in [9.17, 15) is 14.4 Å². The van der Waals surface area contributed by atoms with E-state index < -0.39 is 11.2 Å². The molecule has 3 rings (SSSR count). The van der Waals surface area contributed by atoms with E-state index in [0.29, 0.717) is 18.0 Å². The van der Waals surface area contributed by atoms with Crippen LogP contribution in [0.1, 0.15) is 12.5 Å². The van der Waals surface area contributed by atoms with Gasteiger partial charge >= 0.3 is 5.69 Å². The van der Waals surface area contributed by atoms with E-state index in [0.717, 1.165) is 10.1 Å². The first-order valence-corrected chi connectivity index (χ1v) is 8.69. The van der Waals surface area contributed by atoms with Crippen LogP contribution >= 0.6 is 0 Å². The molecule has 0 bridgehead atoms. The van der Waals surface area contributed by atoms with Gasteiger partial charge in [0, 0.05) is 25.7 Å². The van der Waals surface area contributed by atoms with Gasteiger partial charge in [0.15, 0.2) is 0 Å². The average molecular weight is 380 g/mol. The molecule has 0 saturated carbocycles. The minimum absolute atomic E-state index is 0.244. The topological polar surface area (TPSA) is 95.2 Å². The molecule has 8 nitrogen and oxygen atoms in total. The summed E-state index contributed by atoms with van der Waals surface area (Å²) in [5, 5.41) is 2.92. The van der Waals surface area contributed by atoms with Crippen LogP contribution in [-0.2, 0) is 18.9 Å². The number of anilines is 1. The van der Waals surface area contributed by atoms with E-state index in [1.54, 1.807) is 6.08 Å². The molecule has 1 aromatic carbocycles. The zero-order valence-electron chi connectivity index (χ0n) is 15.8. The highest BCUT2D eigenvalue weighted by Crippen LogP contribution is 2.19. The van der Waals surface area contributed by atoms with Crippen molar-refractivity contribution in [3.8, 4) is 5.75 Å². The molecule has 0 fully saturated rings. The summed E-state index contributed by atoms with van der Waals surface area (Å²) in [4.78, 5) is 40.7. The average Bonchev–Trinajstić information content (AvgIpc) is 2.70. The minimum atomic E-state index is -0.470. The lowest BCUT2D eigenvalue weighted by atomic mass is 10.2. The zero-order chi connectivity index (χ0) is 20.3. The molecule has 0 saturated heterocycles. The van der Waals surface area contributed by atoms with Crippen LogP contribution in [0.5, 0.6) is 5.75 Å². The van der Waals surface area contributed by atoms with Gasteiger partial charge in [-0.1, -0.05) is 18.2 Å². The van der Waals surface area contributed by atoms with Crippen molar-refractivity contribution >= 4 is 28.7 Å². The summed E-state index contributed by atoms with van der Waals surface area (Å²) in [6, 6.07) is 8.89. The van der Waals surface area contributed by atoms with Gasteiger partial charge in [0.25, 0.3) is 5.56 Å². The van der Waals surface area contributed by atoms with Crippen LogP contribution in [0.25, 0.3) is 17.1 Å². The second kappa shape index (κ2) is 7.91. The highest BCUT2D eigenvalue weighted by atomic mass is 16.5. The Morgan fingerprint density at radius 3 is 2.71 bits per heavy atom. The zero-order valence-corrected chi connectivity index (χ0v) is 15.8. The largest absolute Gasteiger partial charge is 0.493 e. The standard InChI is InChI=1S/C20H20N4O4/c1-4-28-16-8-6-5-7-13(16)9-10-17(25)22-14-11-15-18(21-12-14)23(2)20(27)24(3)19(15)26/h5-12H,4H2,1-3H3,(H,22,25)/b10-9+. The maximum Gasteiger partial charge on any atom is 0.332 e. The predicted octanol–water partition coefficient (Wildman–Crippen LogP) is 1.68. The molecule has 28 heavy (non-hydrogen) atoms. The van der Waals surface area contributed by atoms with E-state index >= 15 is 0 Å². The lowest BCUT2D eigenvalue weighted by molar-refractivity contribution is -0.111. The maximum atomic E-state index is 12.3. The van der Waals surface area contributed by atoms with Gasteiger partial charge < -0.3 is 10.1 Å². The van der Waals surface area contributed by atoms with Crippen molar-refractivity contribution in [1.82, 2.24) is 14.1 Å². The van der Waals surface area contributed by atoms with E-state index in [2.05, 4.69) is 10.3 Å². The Morgan fingerprint density at radius 1 is 1.21 bits per heavy atom. The van der Waals surface area contributed by atoms with Crippen LogP contribution in [0.15, 0.2) is 52.2 Å². The quantitative estimate of drug-likeness (QED) is 0.680. The molecule has 144 valence electrons. The molecule has 2 heterocycles. The van der Waals surface area contributed by atoms with Crippen molar-refractivity contribution in [2.45, 2.75) is 6.92 Å². The van der Waals surface area contributed by atoms with Gasteiger partial charge in [-0.2, -0.15) is 0 Å². The fourth-order valence-electron chi connectivity index (χ4n) is 2.79. The molecule has 1 amide bonds. The number of amides is 1. The van der Waals surface area contributed by atoms with E-state index in [1.807, 2.05) is 31.2 Å². The molecule has 0 radical (unpaired) electrons. The normalized spacial score (nSPS) is 11.1. The summed E-state index contributed by atoms with van der Waals surface area (Å²) in [6.45, 7) is 2.41. The molecule has 0 aliphatic carbocycles. The summed E-state index contributed by atoms with van der Waals surface area (Å²) in [6.07, 6.45) is 4.43. The summed E-state index contributed by atoms with van der Waals surface area (Å²) in [5.41, 5.74) is 0.462. The number of benzene rings is 1. The summed E-state index contributed by atoms with van der Waals surface area (Å²) in [5.74, 6) is 0.305. The fraction of sp³-hybridized carbons (Fsp3) is 0.200. The summed E-state index contributed by atoms with van der Waals surface area (Å²) >= 11 is 0. The Balaban J connectivity index is 1.86. The molecule has 8 heteroatoms. The number of para-hydroxylation sites is 1. The Kier molecular flexibility index (Phi) is 5.39. The number of aryl methyl sites for hydroxylation is 1. The number of aromatic nitrogens is 3. The summed E-state index contributed by atoms with van der Waals surface area (Å²) in [7, 11) is 2.93. The van der Waals surface area contributed by atoms with E-state index in [1.165, 1.54) is 37.0 Å². The van der Waals surface area contributed by atoms with Crippen LogP contribution in [0.3, 0.4) is 0 Å². The third-order valence-corrected chi connectivity index (χ3v) is 4.19. The van der Waals surface area contributed by atoms with Crippen LogP contribution in [0.2, 0.25) is 0 Å². The summed E-state index contributed by atoms with van der Waals surface area (Å²) < 4.78 is 7.81. The molecule has 0 spiro atoms. The number of fused-ring (bicyclic) bond motifs is 1. The third kappa shape index (κ3) is 3.71. The SMILES string of the molecule is CCOc1ccccc1/C=C/C(=O)Nc1cnc2c(c1)c(=O)n(C)c(=O)n2C. The first kappa shape index (κ1) is 19.1. The lowest BCUT2D eigenvalue weighted by Gasteiger charge is -2.08. The highest BCUT2D eigenvalue weighted by molar-refractivity contribution is 6.02. The van der Waals surface area contributed by atoms with Gasteiger partial charge in [-0.05, 0) is 25.1 Å². The van der Waals surface area contributed by atoms with E-state index in [4.69, 9.17) is 4.74 Å². The number of rotatable bonds is 5. The van der Waals surface area contributed by atoms with Gasteiger partial charge in [0.1, 0.15) is 11.4 Å². The number of carbonyl (C=O) groups is 1. The van der Waals surface area contributed by atoms with Crippen LogP contribution in [0, 0.1) is 0 Å². The molecule has 0 aliphatic heterocycles. The molecule has 1 N–H and O–H groups in total. The fourth-order valence-corrected chi connectivity index (χ4v) is 2.79. The monoisotopic (exact) mass is 380 g/mol. The number of pyridine rings is 1. The number of ether oxygens (including phenoxy) is 1. The Labute approximate surface area is 160 Å². The molecule has 0 atom stereocenters. The predicted molar refractivity (Wildman–Crippen MR) is 107 cm³/mol. The van der Waals surface area contributed by atoms with E-state index in [-0.39, 0.29) is 16.9 Å². The van der Waals surface area contributed by atoms with Gasteiger partial charge in [-0.15, -0.1) is 0 Å². The number of nitrogens with one attached hydrogen (secondary N) is 1. The Bertz CT molecular complexity index is 1190. The van der Waals surface area contributed by atoms with Crippen molar-refractivity contribution in [3.63, 3.8) is 0 Å². The van der Waals surface area contributed by atoms with Crippen LogP contribution in [0.4, 0.5) is 5.69 Å². The number of nitrogens with zero attached hydrogens (tertiary/aromatic N) is 3. The molecule has 0 unspecified atom stereocenters. The molecule has 3 aromatic rings. The molecular formula is C20H20N4O4. The Morgan fingerprint density at radius 2 is 1.96 bits per heavy atom. The smallest absolute Gasteiger partial charge is 0.332 e. The highest BCUT2D eigenvalue weighted by Gasteiger charge is 2.11. The molecular weight excluding hydrogens is 360 g/mol. The van der Waals surface area contributed by atoms with Crippen molar-refractivity contribution in [3.05, 3.63) is 69.0 Å². The number of hydrogen-bond donors (Lipinski definition) is 1. The third-order valence-electron chi connectivity index (χ3n) is 4.19. The maximum absolute atomic E-state index is 12.3. The first-order valence-electron chi connectivity index (χ1n) is 8.69. The van der Waals surface area contributed by atoms with Crippen LogP contribution in [-0.4, -0.2) is 26.6 Å². The number of carbonyl (C=O) groups excluding carboxylic acids is 1.